The van der Waals surface area contributed by atoms with Gasteiger partial charge in [0.05, 0.1) is 10.2 Å². The van der Waals surface area contributed by atoms with E-state index < -0.39 is 5.91 Å². The summed E-state index contributed by atoms with van der Waals surface area (Å²) in [6.45, 7) is 2.64. The Kier molecular flexibility index (Phi) is 3.42. The second kappa shape index (κ2) is 5.25. The van der Waals surface area contributed by atoms with E-state index in [4.69, 9.17) is 0 Å². The fraction of sp³-hybridized carbons (Fsp3) is 0.214. The van der Waals surface area contributed by atoms with E-state index in [0.29, 0.717) is 17.0 Å². The molecule has 3 rings (SSSR count). The van der Waals surface area contributed by atoms with Gasteiger partial charge in [-0.05, 0) is 31.2 Å². The summed E-state index contributed by atoms with van der Waals surface area (Å²) in [6.07, 6.45) is 1.74. The highest BCUT2D eigenvalue weighted by atomic mass is 32.1. The summed E-state index contributed by atoms with van der Waals surface area (Å²) in [4.78, 5) is 16.7. The van der Waals surface area contributed by atoms with Crippen molar-refractivity contribution >= 4 is 27.5 Å². The lowest BCUT2D eigenvalue weighted by Crippen LogP contribution is -2.13. The van der Waals surface area contributed by atoms with Crippen LogP contribution >= 0.6 is 11.3 Å². The molecule has 0 fully saturated rings. The Morgan fingerprint density at radius 3 is 2.95 bits per heavy atom. The van der Waals surface area contributed by atoms with Crippen molar-refractivity contribution in [3.63, 3.8) is 0 Å². The summed E-state index contributed by atoms with van der Waals surface area (Å²) >= 11 is 1.27. The van der Waals surface area contributed by atoms with Crippen LogP contribution in [0.1, 0.15) is 17.4 Å². The molecule has 0 saturated heterocycles. The Hall–Kier alpha value is -2.28. The van der Waals surface area contributed by atoms with Crippen molar-refractivity contribution in [2.24, 2.45) is 12.0 Å². The van der Waals surface area contributed by atoms with Crippen LogP contribution in [0, 0.1) is 5.82 Å². The summed E-state index contributed by atoms with van der Waals surface area (Å²) in [6, 6.07) is 6.15. The third kappa shape index (κ3) is 2.52. The highest BCUT2D eigenvalue weighted by Gasteiger charge is 2.10. The molecule has 21 heavy (non-hydrogen) atoms. The molecular formula is C14H13FN4OS. The van der Waals surface area contributed by atoms with Gasteiger partial charge >= 0.3 is 0 Å². The lowest BCUT2D eigenvalue weighted by Gasteiger charge is -1.94. The van der Waals surface area contributed by atoms with E-state index >= 15 is 0 Å². The Morgan fingerprint density at radius 2 is 2.24 bits per heavy atom. The quantitative estimate of drug-likeness (QED) is 0.729. The van der Waals surface area contributed by atoms with Crippen molar-refractivity contribution in [1.29, 1.82) is 0 Å². The van der Waals surface area contributed by atoms with E-state index in [1.807, 2.05) is 6.92 Å². The Bertz CT molecular complexity index is 890. The lowest BCUT2D eigenvalue weighted by atomic mass is 10.3. The number of benzene rings is 1. The number of amides is 1. The molecule has 0 aliphatic carbocycles. The van der Waals surface area contributed by atoms with Gasteiger partial charge in [0, 0.05) is 19.8 Å². The minimum atomic E-state index is -0.398. The van der Waals surface area contributed by atoms with Gasteiger partial charge in [-0.25, -0.2) is 4.39 Å². The predicted molar refractivity (Wildman–Crippen MR) is 78.5 cm³/mol. The number of thiazole rings is 1. The molecule has 1 aromatic carbocycles. The van der Waals surface area contributed by atoms with E-state index in [2.05, 4.69) is 10.1 Å². The van der Waals surface area contributed by atoms with Crippen LogP contribution in [0.5, 0.6) is 0 Å². The molecule has 0 spiro atoms. The maximum atomic E-state index is 13.2. The van der Waals surface area contributed by atoms with Gasteiger partial charge in [-0.1, -0.05) is 11.3 Å². The third-order valence-corrected chi connectivity index (χ3v) is 4.25. The van der Waals surface area contributed by atoms with E-state index in [1.54, 1.807) is 34.6 Å². The zero-order valence-electron chi connectivity index (χ0n) is 11.6. The van der Waals surface area contributed by atoms with Gasteiger partial charge in [0.25, 0.3) is 5.91 Å². The second-order valence-electron chi connectivity index (χ2n) is 4.53. The van der Waals surface area contributed by atoms with Crippen molar-refractivity contribution in [2.75, 3.05) is 0 Å². The largest absolute Gasteiger partial charge is 0.319 e. The number of nitrogens with zero attached hydrogens (tertiary/aromatic N) is 4. The fourth-order valence-corrected chi connectivity index (χ4v) is 3.05. The first-order chi connectivity index (χ1) is 10.1. The monoisotopic (exact) mass is 304 g/mol. The average Bonchev–Trinajstić information content (AvgIpc) is 3.05. The highest BCUT2D eigenvalue weighted by molar-refractivity contribution is 7.16. The molecule has 0 atom stereocenters. The zero-order valence-corrected chi connectivity index (χ0v) is 12.4. The molecule has 3 aromatic rings. The van der Waals surface area contributed by atoms with Gasteiger partial charge in [-0.15, -0.1) is 0 Å². The molecule has 0 saturated carbocycles. The van der Waals surface area contributed by atoms with Gasteiger partial charge in [0.15, 0.2) is 10.5 Å². The number of rotatable bonds is 2. The normalized spacial score (nSPS) is 12.2. The van der Waals surface area contributed by atoms with Crippen molar-refractivity contribution in [1.82, 2.24) is 14.3 Å². The van der Waals surface area contributed by atoms with Crippen molar-refractivity contribution in [3.8, 4) is 0 Å². The highest BCUT2D eigenvalue weighted by Crippen LogP contribution is 2.17. The van der Waals surface area contributed by atoms with Crippen molar-refractivity contribution in [2.45, 2.75) is 13.5 Å². The molecule has 0 bridgehead atoms. The molecule has 0 aliphatic heterocycles. The topological polar surface area (TPSA) is 52.2 Å². The van der Waals surface area contributed by atoms with E-state index in [0.717, 1.165) is 10.2 Å². The van der Waals surface area contributed by atoms with E-state index in [9.17, 15) is 9.18 Å². The number of fused-ring (bicyclic) bond motifs is 1. The molecule has 2 heterocycles. The van der Waals surface area contributed by atoms with Crippen LogP contribution in [0.3, 0.4) is 0 Å². The number of halogens is 1. The molecular weight excluding hydrogens is 291 g/mol. The predicted octanol–water partition coefficient (Wildman–Crippen LogP) is 2.34. The number of carbonyl (C=O) groups excluding carboxylic acids is 1. The number of aromatic nitrogens is 3. The maximum absolute atomic E-state index is 13.2. The summed E-state index contributed by atoms with van der Waals surface area (Å²) in [5.41, 5.74) is 1.15. The molecule has 0 N–H and O–H groups in total. The first-order valence-corrected chi connectivity index (χ1v) is 7.27. The first kappa shape index (κ1) is 13.7. The molecule has 108 valence electrons. The van der Waals surface area contributed by atoms with Gasteiger partial charge < -0.3 is 4.57 Å². The summed E-state index contributed by atoms with van der Waals surface area (Å²) in [5, 5.41) is 4.13. The van der Waals surface area contributed by atoms with Gasteiger partial charge in [0.1, 0.15) is 5.82 Å². The smallest absolute Gasteiger partial charge is 0.300 e. The minimum Gasteiger partial charge on any atom is -0.319 e. The Morgan fingerprint density at radius 1 is 1.43 bits per heavy atom. The summed E-state index contributed by atoms with van der Waals surface area (Å²) < 4.78 is 17.4. The number of hydrogen-bond donors (Lipinski definition) is 0. The molecule has 5 nitrogen and oxygen atoms in total. The van der Waals surface area contributed by atoms with Gasteiger partial charge in [0.2, 0.25) is 0 Å². The SMILES string of the molecule is CCn1ccc(C(=O)N=c2sc3cc(F)ccc3n2C)n1. The van der Waals surface area contributed by atoms with Crippen LogP contribution in [0.2, 0.25) is 0 Å². The standard InChI is InChI=1S/C14H13FN4OS/c1-3-19-7-6-10(17-19)13(20)16-14-18(2)11-5-4-9(15)8-12(11)21-14/h4-8H,3H2,1-2H3. The van der Waals surface area contributed by atoms with Crippen molar-refractivity contribution < 1.29 is 9.18 Å². The van der Waals surface area contributed by atoms with Crippen molar-refractivity contribution in [3.05, 3.63) is 46.8 Å². The molecule has 2 aromatic heterocycles. The number of hydrogen-bond acceptors (Lipinski definition) is 3. The molecule has 0 aliphatic rings. The minimum absolute atomic E-state index is 0.302. The number of carbonyl (C=O) groups is 1. The first-order valence-electron chi connectivity index (χ1n) is 6.46. The van der Waals surface area contributed by atoms with Crippen LogP contribution < -0.4 is 4.80 Å². The van der Waals surface area contributed by atoms with Crippen LogP contribution in [0.25, 0.3) is 10.2 Å². The van der Waals surface area contributed by atoms with Gasteiger partial charge in [-0.3, -0.25) is 9.48 Å². The van der Waals surface area contributed by atoms with Crippen LogP contribution in [-0.4, -0.2) is 20.3 Å². The van der Waals surface area contributed by atoms with E-state index in [1.165, 1.54) is 23.5 Å². The summed E-state index contributed by atoms with van der Waals surface area (Å²) in [5.74, 6) is -0.700. The van der Waals surface area contributed by atoms with Crippen LogP contribution in [0.4, 0.5) is 4.39 Å². The molecule has 1 amide bonds. The Labute approximate surface area is 124 Å². The van der Waals surface area contributed by atoms with Gasteiger partial charge in [-0.2, -0.15) is 10.1 Å². The number of aryl methyl sites for hydroxylation is 2. The molecule has 0 radical (unpaired) electrons. The maximum Gasteiger partial charge on any atom is 0.300 e. The van der Waals surface area contributed by atoms with E-state index in [-0.39, 0.29) is 5.82 Å². The lowest BCUT2D eigenvalue weighted by molar-refractivity contribution is 0.0992. The fourth-order valence-electron chi connectivity index (χ4n) is 2.01. The summed E-state index contributed by atoms with van der Waals surface area (Å²) in [7, 11) is 1.80. The van der Waals surface area contributed by atoms with Crippen LogP contribution in [-0.2, 0) is 13.6 Å². The van der Waals surface area contributed by atoms with Crippen LogP contribution in [0.15, 0.2) is 35.5 Å². The Balaban J connectivity index is 2.06. The molecule has 0 unspecified atom stereocenters. The zero-order chi connectivity index (χ0) is 15.0. The average molecular weight is 304 g/mol. The molecule has 7 heteroatoms. The second-order valence-corrected chi connectivity index (χ2v) is 5.54. The third-order valence-electron chi connectivity index (χ3n) is 3.15.